The van der Waals surface area contributed by atoms with Gasteiger partial charge in [0.2, 0.25) is 17.3 Å². The van der Waals surface area contributed by atoms with Crippen molar-refractivity contribution in [1.29, 1.82) is 0 Å². The summed E-state index contributed by atoms with van der Waals surface area (Å²) < 4.78 is 0. The zero-order valence-corrected chi connectivity index (χ0v) is 15.9. The number of rotatable bonds is 4. The molecule has 0 atom stereocenters. The lowest BCUT2D eigenvalue weighted by atomic mass is 9.85. The van der Waals surface area contributed by atoms with Crippen molar-refractivity contribution in [1.82, 2.24) is 4.98 Å². The third-order valence-electron chi connectivity index (χ3n) is 5.28. The highest BCUT2D eigenvalue weighted by Gasteiger charge is 2.41. The minimum absolute atomic E-state index is 0.0224. The number of nitrogens with zero attached hydrogens (tertiary/aromatic N) is 1. The molecule has 0 bridgehead atoms. The minimum atomic E-state index is -1.17. The monoisotopic (exact) mass is 412 g/mol. The third-order valence-corrected chi connectivity index (χ3v) is 5.28. The first-order valence-corrected chi connectivity index (χ1v) is 9.34. The van der Waals surface area contributed by atoms with E-state index < -0.39 is 45.4 Å². The van der Waals surface area contributed by atoms with Gasteiger partial charge in [0.15, 0.2) is 17.2 Å². The van der Waals surface area contributed by atoms with Gasteiger partial charge >= 0.3 is 0 Å². The topological polar surface area (TPSA) is 195 Å². The molecule has 2 heterocycles. The van der Waals surface area contributed by atoms with E-state index in [1.54, 1.807) is 0 Å². The Balaban J connectivity index is 2.07. The maximum atomic E-state index is 13.1. The van der Waals surface area contributed by atoms with Gasteiger partial charge in [-0.1, -0.05) is 0 Å². The number of hydrogen-bond donors (Lipinski definition) is 6. The number of nitrogens with one attached hydrogen (secondary N) is 1. The number of carbonyl (C=O) groups is 3. The van der Waals surface area contributed by atoms with Gasteiger partial charge in [-0.3, -0.25) is 19.4 Å². The van der Waals surface area contributed by atoms with Gasteiger partial charge in [0.05, 0.1) is 40.4 Å². The van der Waals surface area contributed by atoms with Gasteiger partial charge in [0.25, 0.3) is 0 Å². The maximum absolute atomic E-state index is 13.1. The van der Waals surface area contributed by atoms with Crippen LogP contribution in [0.25, 0.3) is 11.1 Å². The molecular weight excluding hydrogens is 392 g/mol. The van der Waals surface area contributed by atoms with E-state index in [9.17, 15) is 29.7 Å². The van der Waals surface area contributed by atoms with Crippen LogP contribution in [0.15, 0.2) is 11.2 Å². The molecule has 0 amide bonds. The lowest BCUT2D eigenvalue weighted by Crippen LogP contribution is -2.51. The van der Waals surface area contributed by atoms with Gasteiger partial charge in [-0.15, -0.1) is 0 Å². The molecule has 154 valence electrons. The number of aromatic hydroxyl groups is 3. The van der Waals surface area contributed by atoms with E-state index in [0.29, 0.717) is 37.1 Å². The number of quaternary nitrogens is 2. The lowest BCUT2D eigenvalue weighted by Gasteiger charge is -2.15. The molecule has 4 rings (SSSR count). The van der Waals surface area contributed by atoms with E-state index >= 15 is 0 Å². The van der Waals surface area contributed by atoms with Gasteiger partial charge in [0, 0.05) is 25.3 Å². The standard InChI is InChI=1S/C20H18N4O6/c21-3-1-7-5-23-13-9(7)17(27)19(29)11(15(13)25)12-16(26)14-10(18(28)20(12)30)8(2-4-22)6-24-14/h5-6,23,26,28,30H,1-4,21-22H2/p+2. The molecule has 1 aliphatic heterocycles. The van der Waals surface area contributed by atoms with Crippen LogP contribution in [0.2, 0.25) is 0 Å². The summed E-state index contributed by atoms with van der Waals surface area (Å²) in [5, 5.41) is 31.4. The van der Waals surface area contributed by atoms with Crippen LogP contribution in [-0.4, -0.2) is 57.0 Å². The van der Waals surface area contributed by atoms with E-state index in [-0.39, 0.29) is 22.2 Å². The van der Waals surface area contributed by atoms with Gasteiger partial charge in [-0.05, 0) is 11.1 Å². The van der Waals surface area contributed by atoms with Crippen LogP contribution in [0.5, 0.6) is 17.2 Å². The Morgan fingerprint density at radius 2 is 1.53 bits per heavy atom. The lowest BCUT2D eigenvalue weighted by molar-refractivity contribution is -0.366. The summed E-state index contributed by atoms with van der Waals surface area (Å²) in [6.45, 7) is 0.943. The predicted molar refractivity (Wildman–Crippen MR) is 104 cm³/mol. The summed E-state index contributed by atoms with van der Waals surface area (Å²) in [5.41, 5.74) is 7.54. The predicted octanol–water partition coefficient (Wildman–Crippen LogP) is -2.79. The van der Waals surface area contributed by atoms with Crippen molar-refractivity contribution < 1.29 is 41.2 Å². The number of aromatic nitrogens is 1. The van der Waals surface area contributed by atoms with Gasteiger partial charge < -0.3 is 31.8 Å². The molecule has 0 fully saturated rings. The highest BCUT2D eigenvalue weighted by molar-refractivity contribution is 6.70. The molecule has 0 spiro atoms. The summed E-state index contributed by atoms with van der Waals surface area (Å²) in [4.78, 5) is 45.4. The first kappa shape index (κ1) is 19.6. The number of fused-ring (bicyclic) bond motifs is 2. The van der Waals surface area contributed by atoms with Crippen LogP contribution < -0.4 is 21.9 Å². The molecule has 2 aliphatic rings. The van der Waals surface area contributed by atoms with Crippen LogP contribution in [0.4, 0.5) is 5.69 Å². The summed E-state index contributed by atoms with van der Waals surface area (Å²) >= 11 is 0. The van der Waals surface area contributed by atoms with E-state index in [1.807, 2.05) is 0 Å². The fourth-order valence-electron chi connectivity index (χ4n) is 3.92. The number of hydrogen-bond acceptors (Lipinski definition) is 7. The normalized spacial score (nSPS) is 17.0. The second kappa shape index (κ2) is 6.94. The number of Topliss-reactive ketones (excluding diaryl/α,β-unsaturated/α-hetero) is 3. The summed E-state index contributed by atoms with van der Waals surface area (Å²) in [6, 6.07) is 0. The summed E-state index contributed by atoms with van der Waals surface area (Å²) in [7, 11) is 0. The smallest absolute Gasteiger partial charge is 0.238 e. The first-order chi connectivity index (χ1) is 14.3. The van der Waals surface area contributed by atoms with E-state index in [2.05, 4.69) is 21.4 Å². The fourth-order valence-corrected chi connectivity index (χ4v) is 3.92. The van der Waals surface area contributed by atoms with Crippen molar-refractivity contribution in [2.75, 3.05) is 13.1 Å². The zero-order chi connectivity index (χ0) is 21.7. The molecule has 0 saturated carbocycles. The van der Waals surface area contributed by atoms with E-state index in [1.165, 1.54) is 12.4 Å². The van der Waals surface area contributed by atoms with Crippen LogP contribution in [-0.2, 0) is 11.2 Å². The number of H-pyrrole nitrogens is 1. The number of benzene rings is 1. The van der Waals surface area contributed by atoms with Gasteiger partial charge in [0.1, 0.15) is 5.69 Å². The molecule has 1 aromatic carbocycles. The molecule has 1 aromatic heterocycles. The second-order valence-corrected chi connectivity index (χ2v) is 7.06. The van der Waals surface area contributed by atoms with Crippen molar-refractivity contribution in [2.45, 2.75) is 12.8 Å². The second-order valence-electron chi connectivity index (χ2n) is 7.06. The molecule has 0 unspecified atom stereocenters. The Hall–Kier alpha value is -3.76. The Bertz CT molecular complexity index is 1300. The minimum Gasteiger partial charge on any atom is -0.505 e. The largest absolute Gasteiger partial charge is 0.505 e. The molecule has 30 heavy (non-hydrogen) atoms. The molecule has 0 radical (unpaired) electrons. The maximum Gasteiger partial charge on any atom is 0.238 e. The first-order valence-electron chi connectivity index (χ1n) is 9.34. The molecule has 1 aliphatic carbocycles. The van der Waals surface area contributed by atoms with Crippen LogP contribution >= 0.6 is 0 Å². The Kier molecular flexibility index (Phi) is 4.52. The van der Waals surface area contributed by atoms with Crippen LogP contribution in [0.3, 0.4) is 0 Å². The Morgan fingerprint density at radius 3 is 2.20 bits per heavy atom. The number of ketones is 3. The third kappa shape index (κ3) is 2.51. The quantitative estimate of drug-likeness (QED) is 0.178. The highest BCUT2D eigenvalue weighted by Crippen LogP contribution is 2.34. The number of phenols is 3. The average Bonchev–Trinajstić information content (AvgIpc) is 3.33. The van der Waals surface area contributed by atoms with Crippen molar-refractivity contribution in [3.63, 3.8) is 0 Å². The van der Waals surface area contributed by atoms with Crippen LogP contribution in [0.1, 0.15) is 32.8 Å². The van der Waals surface area contributed by atoms with Crippen molar-refractivity contribution in [3.05, 3.63) is 33.5 Å². The van der Waals surface area contributed by atoms with Gasteiger partial charge in [-0.2, -0.15) is 0 Å². The molecule has 10 nitrogen and oxygen atoms in total. The number of phenolic OH excluding ortho intramolecular Hbond substituents is 3. The van der Waals surface area contributed by atoms with Gasteiger partial charge in [-0.25, -0.2) is 0 Å². The van der Waals surface area contributed by atoms with Crippen LogP contribution in [0, 0.1) is 0 Å². The molecule has 0 saturated heterocycles. The van der Waals surface area contributed by atoms with E-state index in [4.69, 9.17) is 0 Å². The Labute approximate surface area is 168 Å². The number of carbonyl (C=O) groups excluding carboxylic acids is 3. The van der Waals surface area contributed by atoms with Crippen molar-refractivity contribution in [3.8, 4) is 17.2 Å². The Morgan fingerprint density at radius 1 is 0.867 bits per heavy atom. The fraction of sp³-hybridized carbons (Fsp3) is 0.200. The van der Waals surface area contributed by atoms with E-state index in [0.717, 1.165) is 0 Å². The summed E-state index contributed by atoms with van der Waals surface area (Å²) in [6.07, 6.45) is 3.69. The average molecular weight is 412 g/mol. The molecular formula is C20H20N4O6+2. The summed E-state index contributed by atoms with van der Waals surface area (Å²) in [5.74, 6) is -5.13. The van der Waals surface area contributed by atoms with Crippen molar-refractivity contribution >= 4 is 40.4 Å². The molecule has 10 heteroatoms. The van der Waals surface area contributed by atoms with Crippen molar-refractivity contribution in [2.24, 2.45) is 4.99 Å². The zero-order valence-electron chi connectivity index (χ0n) is 15.9. The molecule has 2 aromatic rings. The molecule has 10 N–H and O–H groups in total. The SMILES string of the molecule is [NH3+]CCC1=c2c(O)c(O)c(=C3C(=O)C(=O)c4c(CC[NH3+])c[nH]c4C3=O)c(O)c2N=C1. The number of aromatic amines is 1. The number of aliphatic imine (C=N–C) groups is 1. The highest BCUT2D eigenvalue weighted by atomic mass is 16.3.